The number of fused-ring (bicyclic) bond motifs is 6. The van der Waals surface area contributed by atoms with Crippen LogP contribution in [0.3, 0.4) is 0 Å². The molecule has 26 nitrogen and oxygen atoms in total. The fourth-order valence-corrected chi connectivity index (χ4v) is 13.7. The Morgan fingerprint density at radius 1 is 0.676 bits per heavy atom. The van der Waals surface area contributed by atoms with Gasteiger partial charge in [-0.05, 0) is 140 Å². The van der Waals surface area contributed by atoms with Crippen molar-refractivity contribution < 1.29 is 76.7 Å². The Morgan fingerprint density at radius 2 is 1.34 bits per heavy atom. The maximum Gasteiger partial charge on any atom is 0.416 e. The summed E-state index contributed by atoms with van der Waals surface area (Å²) in [4.78, 5) is 128. The van der Waals surface area contributed by atoms with Gasteiger partial charge < -0.3 is 80.1 Å². The van der Waals surface area contributed by atoms with Crippen LogP contribution in [-0.2, 0) is 46.7 Å². The standard InChI is InChI=1S/C79H86N10O16/c1-47(2)72(85-70(92)42-82-69(91)41-81-68(90)28-29-71(93)87-43-53-16-9-8-14-50(53)20-21-52-15-10-11-17-61(52)87)74(95)83-48(3)73(94)84-55-24-18-49(19-25-55)45-105-78(99)89-62-38-67(65(102-6)36-59(62)76(97)88-46-79(30-31-79)39-63(88)77(89)98)104-33-13-7-12-32-103-66-37-60-58(35-64(66)101-5)75(96)86-44-54(34-56(86)40-80-60)51-22-26-57(100-4)27-23-51/h8-11,14-19,22-27,35-38,44,47-48,56,63,72,77,80,98H,7,12-13,28-34,39-43,45-46H2,1-6H3,(H,81,90)(H,82,91)(H,83,95)(H,84,94)(H,85,92)/t48-,56-,63-,72-,77+/m0/s1. The van der Waals surface area contributed by atoms with Crippen molar-refractivity contribution in [3.8, 4) is 40.6 Å². The molecule has 12 rings (SSSR count). The molecular weight excluding hydrogens is 1340 g/mol. The number of aliphatic hydroxyl groups is 1. The molecule has 1 spiro atoms. The minimum Gasteiger partial charge on any atom is -0.497 e. The fraction of sp³-hybridized carbons (Fsp3) is 0.380. The Hall–Kier alpha value is -11.6. The van der Waals surface area contributed by atoms with Gasteiger partial charge in [0.15, 0.2) is 29.2 Å². The Morgan fingerprint density at radius 3 is 2.05 bits per heavy atom. The number of nitrogens with one attached hydrogen (secondary N) is 6. The molecule has 6 aromatic rings. The van der Waals surface area contributed by atoms with E-state index in [1.807, 2.05) is 79.0 Å². The number of para-hydroxylation sites is 1. The van der Waals surface area contributed by atoms with Crippen molar-refractivity contribution in [2.24, 2.45) is 11.3 Å². The number of rotatable bonds is 27. The zero-order chi connectivity index (χ0) is 74.1. The number of unbranched alkanes of at least 4 members (excludes halogenated alkanes) is 2. The lowest BCUT2D eigenvalue weighted by Crippen LogP contribution is -2.55. The zero-order valence-electron chi connectivity index (χ0n) is 59.5. The Labute approximate surface area is 608 Å². The molecular formula is C79H86N10O16. The van der Waals surface area contributed by atoms with Crippen molar-refractivity contribution >= 4 is 81.7 Å². The van der Waals surface area contributed by atoms with E-state index in [4.69, 9.17) is 28.4 Å². The highest BCUT2D eigenvalue weighted by Gasteiger charge is 2.58. The number of hydrogen-bond donors (Lipinski definition) is 7. The molecule has 6 aliphatic rings. The third-order valence-electron chi connectivity index (χ3n) is 19.8. The number of nitrogens with zero attached hydrogens (tertiary/aromatic N) is 4. The molecule has 0 bridgehead atoms. The van der Waals surface area contributed by atoms with Crippen LogP contribution in [0.1, 0.15) is 127 Å². The lowest BCUT2D eigenvalue weighted by Gasteiger charge is -2.31. The number of amides is 9. The highest BCUT2D eigenvalue weighted by molar-refractivity contribution is 6.07. The third kappa shape index (κ3) is 16.9. The van der Waals surface area contributed by atoms with Gasteiger partial charge in [-0.3, -0.25) is 38.4 Å². The molecule has 5 aliphatic heterocycles. The van der Waals surface area contributed by atoms with Gasteiger partial charge in [0.2, 0.25) is 35.4 Å². The van der Waals surface area contributed by atoms with Crippen molar-refractivity contribution in [3.05, 3.63) is 166 Å². The zero-order valence-corrected chi connectivity index (χ0v) is 59.5. The average molecular weight is 1430 g/mol. The molecule has 1 aliphatic carbocycles. The number of benzene rings is 6. The van der Waals surface area contributed by atoms with Crippen molar-refractivity contribution in [2.45, 2.75) is 122 Å². The number of ether oxygens (including phenoxy) is 6. The second-order valence-corrected chi connectivity index (χ2v) is 27.4. The van der Waals surface area contributed by atoms with Crippen LogP contribution in [0.2, 0.25) is 0 Å². The normalized spacial score (nSPS) is 17.6. The summed E-state index contributed by atoms with van der Waals surface area (Å²) in [5, 5.41) is 28.6. The summed E-state index contributed by atoms with van der Waals surface area (Å²) in [7, 11) is 4.62. The summed E-state index contributed by atoms with van der Waals surface area (Å²) in [6.45, 7) is 5.41. The smallest absolute Gasteiger partial charge is 0.416 e. The fourth-order valence-electron chi connectivity index (χ4n) is 13.7. The first-order valence-corrected chi connectivity index (χ1v) is 35.3. The quantitative estimate of drug-likeness (QED) is 0.0189. The van der Waals surface area contributed by atoms with Crippen LogP contribution in [0.25, 0.3) is 5.57 Å². The maximum absolute atomic E-state index is 14.5. The van der Waals surface area contributed by atoms with Crippen LogP contribution in [0.5, 0.6) is 28.7 Å². The van der Waals surface area contributed by atoms with Gasteiger partial charge in [-0.15, -0.1) is 0 Å². The van der Waals surface area contributed by atoms with E-state index in [0.29, 0.717) is 97.1 Å². The molecule has 7 N–H and O–H groups in total. The lowest BCUT2D eigenvalue weighted by atomic mass is 10.0. The molecule has 0 radical (unpaired) electrons. The SMILES string of the molecule is COc1ccc(C2=CN3C(=O)c4cc(OC)c(OCCCCCOc5cc6c(cc5OC)C(=O)N5CC7(CC7)C[C@H]5[C@@H](O)N6C(=O)OCc5ccc(NC(=O)[C@H](C)NC(=O)[C@@H](NC(=O)CNC(=O)CNC(=O)CCC(=O)N6Cc7ccccc7C#Cc7ccccc76)C(C)C)cc5)cc4NC[C@@H]3C2)cc1. The molecule has 9 amide bonds. The number of carbonyl (C=O) groups is 9. The van der Waals surface area contributed by atoms with E-state index in [2.05, 4.69) is 43.7 Å². The number of anilines is 4. The summed E-state index contributed by atoms with van der Waals surface area (Å²) in [5.41, 5.74) is 7.15. The molecule has 6 aromatic carbocycles. The summed E-state index contributed by atoms with van der Waals surface area (Å²) in [6.07, 6.45) is 4.09. The Bertz CT molecular complexity index is 4430. The first-order chi connectivity index (χ1) is 50.7. The molecule has 548 valence electrons. The largest absolute Gasteiger partial charge is 0.497 e. The molecule has 105 heavy (non-hydrogen) atoms. The Balaban J connectivity index is 0.591. The van der Waals surface area contributed by atoms with E-state index in [9.17, 15) is 48.3 Å². The van der Waals surface area contributed by atoms with Gasteiger partial charge in [-0.25, -0.2) is 9.69 Å². The number of methoxy groups -OCH3 is 3. The van der Waals surface area contributed by atoms with E-state index in [0.717, 1.165) is 45.8 Å². The molecule has 26 heteroatoms. The topological polar surface area (TPSA) is 314 Å². The molecule has 0 aromatic heterocycles. The first kappa shape index (κ1) is 73.2. The summed E-state index contributed by atoms with van der Waals surface area (Å²) < 4.78 is 35.3. The van der Waals surface area contributed by atoms with Crippen LogP contribution in [-0.4, -0.2) is 159 Å². The highest BCUT2D eigenvalue weighted by Crippen LogP contribution is 2.57. The van der Waals surface area contributed by atoms with E-state index in [1.165, 1.54) is 33.3 Å². The Kier molecular flexibility index (Phi) is 22.6. The molecule has 1 saturated heterocycles. The van der Waals surface area contributed by atoms with Crippen molar-refractivity contribution in [3.63, 3.8) is 0 Å². The van der Waals surface area contributed by atoms with Crippen LogP contribution in [0, 0.1) is 23.2 Å². The minimum atomic E-state index is -1.48. The van der Waals surface area contributed by atoms with E-state index >= 15 is 0 Å². The van der Waals surface area contributed by atoms with E-state index < -0.39 is 79.0 Å². The second-order valence-electron chi connectivity index (χ2n) is 27.4. The van der Waals surface area contributed by atoms with Gasteiger partial charge in [0.1, 0.15) is 24.4 Å². The summed E-state index contributed by atoms with van der Waals surface area (Å²) >= 11 is 0. The molecule has 0 unspecified atom stereocenters. The van der Waals surface area contributed by atoms with Crippen LogP contribution in [0.4, 0.5) is 27.5 Å². The maximum atomic E-state index is 14.5. The number of hydrogen-bond acceptors (Lipinski definition) is 17. The second kappa shape index (κ2) is 32.4. The highest BCUT2D eigenvalue weighted by atomic mass is 16.6. The first-order valence-electron chi connectivity index (χ1n) is 35.3. The summed E-state index contributed by atoms with van der Waals surface area (Å²) in [5.74, 6) is 4.09. The average Bonchev–Trinajstić information content (AvgIpc) is 1.57. The van der Waals surface area contributed by atoms with Gasteiger partial charge in [0.05, 0.1) is 94.5 Å². The van der Waals surface area contributed by atoms with E-state index in [1.54, 1.807) is 72.1 Å². The molecule has 1 saturated carbocycles. The van der Waals surface area contributed by atoms with Crippen LogP contribution >= 0.6 is 0 Å². The summed E-state index contributed by atoms with van der Waals surface area (Å²) in [6, 6.07) is 32.6. The van der Waals surface area contributed by atoms with Crippen molar-refractivity contribution in [1.82, 2.24) is 31.1 Å². The van der Waals surface area contributed by atoms with Gasteiger partial charge >= 0.3 is 6.09 Å². The van der Waals surface area contributed by atoms with Crippen molar-refractivity contribution in [2.75, 3.05) is 81.2 Å². The monoisotopic (exact) mass is 1430 g/mol. The minimum absolute atomic E-state index is 0.0761. The van der Waals surface area contributed by atoms with Crippen molar-refractivity contribution in [1.29, 1.82) is 0 Å². The molecule has 5 heterocycles. The van der Waals surface area contributed by atoms with Gasteiger partial charge in [0, 0.05) is 61.1 Å². The predicted octanol–water partition coefficient (Wildman–Crippen LogP) is 8.03. The van der Waals surface area contributed by atoms with Gasteiger partial charge in [-0.2, -0.15) is 0 Å². The molecule has 2 fully saturated rings. The number of aliphatic hydroxyl groups excluding tert-OH is 1. The van der Waals surface area contributed by atoms with Gasteiger partial charge in [-0.1, -0.05) is 80.3 Å². The molecule has 5 atom stereocenters. The van der Waals surface area contributed by atoms with Crippen LogP contribution in [0.15, 0.2) is 128 Å². The number of carbonyl (C=O) groups excluding carboxylic acids is 9. The third-order valence-corrected chi connectivity index (χ3v) is 19.8. The lowest BCUT2D eigenvalue weighted by molar-refractivity contribution is -0.132. The van der Waals surface area contributed by atoms with E-state index in [-0.39, 0.29) is 84.5 Å². The van der Waals surface area contributed by atoms with Gasteiger partial charge in [0.25, 0.3) is 11.8 Å². The van der Waals surface area contributed by atoms with Crippen LogP contribution < -0.4 is 65.4 Å². The predicted molar refractivity (Wildman–Crippen MR) is 389 cm³/mol.